The lowest BCUT2D eigenvalue weighted by Gasteiger charge is -2.23. The monoisotopic (exact) mass is 383 g/mol. The van der Waals surface area contributed by atoms with E-state index in [9.17, 15) is 19.2 Å². The Kier molecular flexibility index (Phi) is 4.60. The summed E-state index contributed by atoms with van der Waals surface area (Å²) in [5, 5.41) is 0. The molecule has 1 aliphatic heterocycles. The van der Waals surface area contributed by atoms with Gasteiger partial charge >= 0.3 is 5.97 Å². The van der Waals surface area contributed by atoms with Crippen LogP contribution in [0.5, 0.6) is 0 Å². The first-order valence-electron chi connectivity index (χ1n) is 9.93. The number of benzene rings is 1. The van der Waals surface area contributed by atoms with E-state index in [1.165, 1.54) is 6.92 Å². The lowest BCUT2D eigenvalue weighted by molar-refractivity contribution is -0.157. The predicted molar refractivity (Wildman–Crippen MR) is 100 cm³/mol. The second kappa shape index (κ2) is 6.83. The molecule has 3 aliphatic rings. The highest BCUT2D eigenvalue weighted by molar-refractivity contribution is 6.08. The molecule has 0 aromatic heterocycles. The van der Waals surface area contributed by atoms with Crippen LogP contribution in [0.1, 0.15) is 47.7 Å². The van der Waals surface area contributed by atoms with Gasteiger partial charge in [-0.2, -0.15) is 0 Å². The summed E-state index contributed by atoms with van der Waals surface area (Å²) >= 11 is 0. The van der Waals surface area contributed by atoms with Crippen molar-refractivity contribution in [3.8, 4) is 0 Å². The third-order valence-corrected chi connectivity index (χ3v) is 6.73. The minimum absolute atomic E-state index is 0.243. The van der Waals surface area contributed by atoms with E-state index in [1.54, 1.807) is 6.07 Å². The molecule has 6 heteroatoms. The van der Waals surface area contributed by atoms with Crippen LogP contribution in [0.2, 0.25) is 0 Å². The van der Waals surface area contributed by atoms with Gasteiger partial charge in [0.05, 0.1) is 11.8 Å². The molecule has 1 heterocycles. The Balaban J connectivity index is 1.41. The fraction of sp³-hybridized carbons (Fsp3) is 0.545. The van der Waals surface area contributed by atoms with E-state index >= 15 is 0 Å². The van der Waals surface area contributed by atoms with Gasteiger partial charge in [-0.05, 0) is 63.5 Å². The molecule has 2 aliphatic carbocycles. The molecule has 2 bridgehead atoms. The summed E-state index contributed by atoms with van der Waals surface area (Å²) in [4.78, 5) is 51.6. The summed E-state index contributed by atoms with van der Waals surface area (Å²) < 4.78 is 5.18. The number of Topliss-reactive ketones (excluding diaryl/α,β-unsaturated/α-hetero) is 1. The zero-order valence-corrected chi connectivity index (χ0v) is 16.4. The van der Waals surface area contributed by atoms with E-state index in [-0.39, 0.29) is 41.3 Å². The van der Waals surface area contributed by atoms with Crippen molar-refractivity contribution in [2.24, 2.45) is 23.7 Å². The van der Waals surface area contributed by atoms with Crippen LogP contribution in [-0.4, -0.2) is 41.1 Å². The molecule has 2 amide bonds. The highest BCUT2D eigenvalue weighted by atomic mass is 16.5. The van der Waals surface area contributed by atoms with Crippen molar-refractivity contribution in [1.29, 1.82) is 0 Å². The molecule has 28 heavy (non-hydrogen) atoms. The average molecular weight is 383 g/mol. The Morgan fingerprint density at radius 2 is 1.71 bits per heavy atom. The smallest absolute Gasteiger partial charge is 0.329 e. The molecule has 1 aromatic carbocycles. The second-order valence-corrected chi connectivity index (χ2v) is 8.46. The molecule has 0 radical (unpaired) electrons. The van der Waals surface area contributed by atoms with Gasteiger partial charge in [0.2, 0.25) is 17.6 Å². The van der Waals surface area contributed by atoms with Crippen LogP contribution < -0.4 is 0 Å². The first-order valence-corrected chi connectivity index (χ1v) is 9.93. The number of esters is 1. The SMILES string of the molecule is Cc1ccc(C)c(C(=O)COC(=O)[C@@H](C)N2C(=O)[C@H]3[C@@H]4CC[C@H](C4)[C@@H]3C2=O)c1. The Morgan fingerprint density at radius 1 is 1.11 bits per heavy atom. The third-order valence-electron chi connectivity index (χ3n) is 6.73. The Bertz CT molecular complexity index is 848. The molecule has 148 valence electrons. The molecular weight excluding hydrogens is 358 g/mol. The van der Waals surface area contributed by atoms with Gasteiger partial charge in [-0.3, -0.25) is 19.3 Å². The van der Waals surface area contributed by atoms with Crippen molar-refractivity contribution in [2.45, 2.75) is 46.1 Å². The van der Waals surface area contributed by atoms with Crippen LogP contribution in [0.4, 0.5) is 0 Å². The van der Waals surface area contributed by atoms with E-state index in [4.69, 9.17) is 4.74 Å². The van der Waals surface area contributed by atoms with Crippen molar-refractivity contribution >= 4 is 23.6 Å². The average Bonchev–Trinajstić information content (AvgIpc) is 3.34. The number of carbonyl (C=O) groups is 4. The highest BCUT2D eigenvalue weighted by Crippen LogP contribution is 2.56. The fourth-order valence-electron chi connectivity index (χ4n) is 5.29. The Labute approximate surface area is 164 Å². The topological polar surface area (TPSA) is 80.8 Å². The second-order valence-electron chi connectivity index (χ2n) is 8.46. The van der Waals surface area contributed by atoms with E-state index in [2.05, 4.69) is 0 Å². The van der Waals surface area contributed by atoms with Crippen LogP contribution in [0.15, 0.2) is 18.2 Å². The summed E-state index contributed by atoms with van der Waals surface area (Å²) in [7, 11) is 0. The summed E-state index contributed by atoms with van der Waals surface area (Å²) in [6.45, 7) is 4.82. The fourth-order valence-corrected chi connectivity index (χ4v) is 5.29. The molecule has 1 aromatic rings. The van der Waals surface area contributed by atoms with Crippen LogP contribution >= 0.6 is 0 Å². The lowest BCUT2D eigenvalue weighted by atomic mass is 9.81. The van der Waals surface area contributed by atoms with Gasteiger partial charge < -0.3 is 4.74 Å². The normalized spacial score (nSPS) is 29.2. The number of rotatable bonds is 5. The standard InChI is InChI=1S/C22H25NO5/c1-11-4-5-12(2)16(8-11)17(24)10-28-22(27)13(3)23-20(25)18-14-6-7-15(9-14)19(18)21(23)26/h4-5,8,13-15,18-19H,6-7,9-10H2,1-3H3/t13-,14-,15-,18+,19+/m1/s1. The van der Waals surface area contributed by atoms with Crippen molar-refractivity contribution < 1.29 is 23.9 Å². The number of amides is 2. The largest absolute Gasteiger partial charge is 0.456 e. The van der Waals surface area contributed by atoms with Crippen molar-refractivity contribution in [3.63, 3.8) is 0 Å². The van der Waals surface area contributed by atoms with Crippen LogP contribution in [0.25, 0.3) is 0 Å². The number of nitrogens with zero attached hydrogens (tertiary/aromatic N) is 1. The van der Waals surface area contributed by atoms with Gasteiger partial charge in [-0.15, -0.1) is 0 Å². The van der Waals surface area contributed by atoms with E-state index < -0.39 is 18.6 Å². The Hall–Kier alpha value is -2.50. The van der Waals surface area contributed by atoms with Crippen LogP contribution in [0, 0.1) is 37.5 Å². The summed E-state index contributed by atoms with van der Waals surface area (Å²) in [6.07, 6.45) is 2.92. The molecule has 3 fully saturated rings. The molecule has 0 N–H and O–H groups in total. The molecule has 6 nitrogen and oxygen atoms in total. The zero-order chi connectivity index (χ0) is 20.2. The van der Waals surface area contributed by atoms with Crippen LogP contribution in [0.3, 0.4) is 0 Å². The predicted octanol–water partition coefficient (Wildman–Crippen LogP) is 2.45. The highest BCUT2D eigenvalue weighted by Gasteiger charge is 2.62. The summed E-state index contributed by atoms with van der Waals surface area (Å²) in [5.74, 6) is -1.49. The minimum atomic E-state index is -1.00. The first-order chi connectivity index (χ1) is 13.3. The molecule has 0 spiro atoms. The number of hydrogen-bond acceptors (Lipinski definition) is 5. The number of likely N-dealkylation sites (tertiary alicyclic amines) is 1. The molecule has 5 atom stereocenters. The van der Waals surface area contributed by atoms with Gasteiger partial charge in [0.25, 0.3) is 0 Å². The number of carbonyl (C=O) groups excluding carboxylic acids is 4. The third kappa shape index (κ3) is 2.86. The van der Waals surface area contributed by atoms with Gasteiger partial charge in [-0.25, -0.2) is 4.79 Å². The molecule has 1 saturated heterocycles. The summed E-state index contributed by atoms with van der Waals surface area (Å²) in [6, 6.07) is 4.52. The molecule has 0 unspecified atom stereocenters. The maximum atomic E-state index is 12.8. The van der Waals surface area contributed by atoms with Crippen LogP contribution in [-0.2, 0) is 19.1 Å². The maximum Gasteiger partial charge on any atom is 0.329 e. The van der Waals surface area contributed by atoms with E-state index in [1.807, 2.05) is 26.0 Å². The number of ketones is 1. The summed E-state index contributed by atoms with van der Waals surface area (Å²) in [5.41, 5.74) is 2.27. The number of imide groups is 1. The van der Waals surface area contributed by atoms with Gasteiger partial charge in [0.1, 0.15) is 6.04 Å². The Morgan fingerprint density at radius 3 is 2.32 bits per heavy atom. The van der Waals surface area contributed by atoms with Crippen molar-refractivity contribution in [3.05, 3.63) is 34.9 Å². The number of hydrogen-bond donors (Lipinski definition) is 0. The van der Waals surface area contributed by atoms with E-state index in [0.29, 0.717) is 5.56 Å². The van der Waals surface area contributed by atoms with Crippen molar-refractivity contribution in [1.82, 2.24) is 4.90 Å². The van der Waals surface area contributed by atoms with Gasteiger partial charge in [0, 0.05) is 5.56 Å². The molecular formula is C22H25NO5. The quantitative estimate of drug-likeness (QED) is 0.443. The van der Waals surface area contributed by atoms with Gasteiger partial charge in [0.15, 0.2) is 6.61 Å². The van der Waals surface area contributed by atoms with Crippen molar-refractivity contribution in [2.75, 3.05) is 6.61 Å². The minimum Gasteiger partial charge on any atom is -0.456 e. The first kappa shape index (κ1) is 18.8. The number of ether oxygens (including phenoxy) is 1. The molecule has 2 saturated carbocycles. The number of fused-ring (bicyclic) bond motifs is 5. The lowest BCUT2D eigenvalue weighted by Crippen LogP contribution is -2.45. The van der Waals surface area contributed by atoms with Gasteiger partial charge in [-0.1, -0.05) is 17.7 Å². The zero-order valence-electron chi connectivity index (χ0n) is 16.4. The number of aryl methyl sites for hydroxylation is 2. The van der Waals surface area contributed by atoms with E-state index in [0.717, 1.165) is 35.3 Å². The maximum absolute atomic E-state index is 12.8. The molecule has 4 rings (SSSR count).